The lowest BCUT2D eigenvalue weighted by molar-refractivity contribution is -0.138. The van der Waals surface area contributed by atoms with Gasteiger partial charge in [0.1, 0.15) is 0 Å². The molecule has 0 aliphatic heterocycles. The summed E-state index contributed by atoms with van der Waals surface area (Å²) in [5.41, 5.74) is 0.799. The van der Waals surface area contributed by atoms with Gasteiger partial charge in [-0.15, -0.1) is 11.3 Å². The predicted molar refractivity (Wildman–Crippen MR) is 63.2 cm³/mol. The van der Waals surface area contributed by atoms with Gasteiger partial charge in [-0.2, -0.15) is 0 Å². The average Bonchev–Trinajstić information content (AvgIpc) is 3.00. The van der Waals surface area contributed by atoms with Gasteiger partial charge >= 0.3 is 5.97 Å². The molecule has 0 amide bonds. The molecule has 86 valence electrons. The fraction of sp³-hybridized carbons (Fsp3) is 0.250. The van der Waals surface area contributed by atoms with E-state index < -0.39 is 11.9 Å². The fourth-order valence-corrected chi connectivity index (χ4v) is 2.86. The van der Waals surface area contributed by atoms with Gasteiger partial charge < -0.3 is 5.11 Å². The van der Waals surface area contributed by atoms with Gasteiger partial charge in [-0.25, -0.2) is 4.98 Å². The number of carbonyl (C=O) groups excluding carboxylic acids is 1. The molecule has 0 radical (unpaired) electrons. The molecule has 1 aromatic carbocycles. The molecule has 1 aromatic heterocycles. The molecule has 1 saturated carbocycles. The Morgan fingerprint density at radius 3 is 2.71 bits per heavy atom. The Labute approximate surface area is 101 Å². The Morgan fingerprint density at radius 2 is 2.06 bits per heavy atom. The van der Waals surface area contributed by atoms with Crippen LogP contribution in [0.3, 0.4) is 0 Å². The van der Waals surface area contributed by atoms with Crippen LogP contribution >= 0.6 is 11.3 Å². The molecule has 4 nitrogen and oxygen atoms in total. The van der Waals surface area contributed by atoms with Crippen molar-refractivity contribution < 1.29 is 14.7 Å². The van der Waals surface area contributed by atoms with Crippen LogP contribution in [0.25, 0.3) is 10.2 Å². The third-order valence-corrected chi connectivity index (χ3v) is 4.00. The monoisotopic (exact) mass is 247 g/mol. The van der Waals surface area contributed by atoms with Gasteiger partial charge in [0.15, 0.2) is 10.8 Å². The van der Waals surface area contributed by atoms with E-state index in [0.717, 1.165) is 10.2 Å². The Bertz CT molecular complexity index is 586. The highest BCUT2D eigenvalue weighted by atomic mass is 32.1. The highest BCUT2D eigenvalue weighted by Crippen LogP contribution is 2.42. The number of carbonyl (C=O) groups is 2. The minimum Gasteiger partial charge on any atom is -0.481 e. The first-order chi connectivity index (χ1) is 8.16. The van der Waals surface area contributed by atoms with E-state index >= 15 is 0 Å². The summed E-state index contributed by atoms with van der Waals surface area (Å²) in [5.74, 6) is -1.88. The summed E-state index contributed by atoms with van der Waals surface area (Å²) in [4.78, 5) is 26.9. The molecular weight excluding hydrogens is 238 g/mol. The van der Waals surface area contributed by atoms with E-state index in [1.165, 1.54) is 11.3 Å². The molecule has 2 aromatic rings. The number of carboxylic acids is 1. The number of thiazole rings is 1. The molecule has 1 fully saturated rings. The molecular formula is C12H9NO3S. The number of Topliss-reactive ketones (excluding diaryl/α,β-unsaturated/α-hetero) is 1. The second-order valence-electron chi connectivity index (χ2n) is 4.14. The number of hydrogen-bond acceptors (Lipinski definition) is 4. The van der Waals surface area contributed by atoms with Gasteiger partial charge in [-0.05, 0) is 18.6 Å². The zero-order chi connectivity index (χ0) is 12.0. The maximum absolute atomic E-state index is 12.0. The summed E-state index contributed by atoms with van der Waals surface area (Å²) >= 11 is 1.33. The standard InChI is InChI=1S/C12H9NO3S/c14-10(6-5-7(6)12(15)16)11-13-8-3-1-2-4-9(8)17-11/h1-4,6-7H,5H2,(H,15,16)/t6-,7-/m0/s1. The number of aromatic nitrogens is 1. The third-order valence-electron chi connectivity index (χ3n) is 2.95. The van der Waals surface area contributed by atoms with Crippen molar-refractivity contribution in [2.24, 2.45) is 11.8 Å². The van der Waals surface area contributed by atoms with Crippen LogP contribution in [0.15, 0.2) is 24.3 Å². The van der Waals surface area contributed by atoms with Crippen LogP contribution < -0.4 is 0 Å². The van der Waals surface area contributed by atoms with Crippen LogP contribution in [0.4, 0.5) is 0 Å². The van der Waals surface area contributed by atoms with E-state index in [-0.39, 0.29) is 11.7 Å². The van der Waals surface area contributed by atoms with Crippen LogP contribution in [-0.2, 0) is 4.79 Å². The van der Waals surface area contributed by atoms with Crippen LogP contribution in [0.5, 0.6) is 0 Å². The van der Waals surface area contributed by atoms with E-state index in [9.17, 15) is 9.59 Å². The zero-order valence-electron chi connectivity index (χ0n) is 8.79. The van der Waals surface area contributed by atoms with Crippen molar-refractivity contribution in [3.63, 3.8) is 0 Å². The molecule has 0 saturated heterocycles. The summed E-state index contributed by atoms with van der Waals surface area (Å²) in [7, 11) is 0. The molecule has 0 bridgehead atoms. The molecule has 5 heteroatoms. The van der Waals surface area contributed by atoms with Gasteiger partial charge in [0.05, 0.1) is 16.1 Å². The average molecular weight is 247 g/mol. The second kappa shape index (κ2) is 3.63. The topological polar surface area (TPSA) is 67.3 Å². The number of ketones is 1. The number of carboxylic acid groups (broad SMARTS) is 1. The lowest BCUT2D eigenvalue weighted by Gasteiger charge is -1.91. The summed E-state index contributed by atoms with van der Waals surface area (Å²) in [6.45, 7) is 0. The molecule has 1 N–H and O–H groups in total. The minimum absolute atomic E-state index is 0.126. The van der Waals surface area contributed by atoms with E-state index in [1.807, 2.05) is 24.3 Å². The Balaban J connectivity index is 1.89. The number of nitrogens with zero attached hydrogens (tertiary/aromatic N) is 1. The highest BCUT2D eigenvalue weighted by Gasteiger charge is 2.49. The van der Waals surface area contributed by atoms with Crippen molar-refractivity contribution in [1.82, 2.24) is 4.98 Å². The fourth-order valence-electron chi connectivity index (χ4n) is 1.89. The van der Waals surface area contributed by atoms with E-state index in [2.05, 4.69) is 4.98 Å². The molecule has 17 heavy (non-hydrogen) atoms. The lowest BCUT2D eigenvalue weighted by atomic mass is 10.2. The Morgan fingerprint density at radius 1 is 1.29 bits per heavy atom. The van der Waals surface area contributed by atoms with Gasteiger partial charge in [-0.1, -0.05) is 12.1 Å². The third kappa shape index (κ3) is 1.72. The van der Waals surface area contributed by atoms with Crippen molar-refractivity contribution in [2.75, 3.05) is 0 Å². The largest absolute Gasteiger partial charge is 0.481 e. The summed E-state index contributed by atoms with van der Waals surface area (Å²) < 4.78 is 0.961. The summed E-state index contributed by atoms with van der Waals surface area (Å²) in [6.07, 6.45) is 0.449. The quantitative estimate of drug-likeness (QED) is 0.844. The molecule has 0 spiro atoms. The van der Waals surface area contributed by atoms with Gasteiger partial charge in [0.25, 0.3) is 0 Å². The van der Waals surface area contributed by atoms with Gasteiger partial charge in [-0.3, -0.25) is 9.59 Å². The first kappa shape index (κ1) is 10.4. The number of rotatable bonds is 3. The van der Waals surface area contributed by atoms with Crippen molar-refractivity contribution >= 4 is 33.3 Å². The van der Waals surface area contributed by atoms with Crippen molar-refractivity contribution in [3.8, 4) is 0 Å². The van der Waals surface area contributed by atoms with Crippen LogP contribution in [0.2, 0.25) is 0 Å². The maximum atomic E-state index is 12.0. The molecule has 2 atom stereocenters. The van der Waals surface area contributed by atoms with E-state index in [4.69, 9.17) is 5.11 Å². The molecule has 0 unspecified atom stereocenters. The molecule has 1 aliphatic rings. The van der Waals surface area contributed by atoms with Crippen molar-refractivity contribution in [3.05, 3.63) is 29.3 Å². The highest BCUT2D eigenvalue weighted by molar-refractivity contribution is 7.20. The predicted octanol–water partition coefficient (Wildman–Crippen LogP) is 2.20. The van der Waals surface area contributed by atoms with Crippen LogP contribution in [0.1, 0.15) is 16.2 Å². The van der Waals surface area contributed by atoms with Crippen molar-refractivity contribution in [2.45, 2.75) is 6.42 Å². The maximum Gasteiger partial charge on any atom is 0.307 e. The summed E-state index contributed by atoms with van der Waals surface area (Å²) in [6, 6.07) is 7.52. The molecule has 3 rings (SSSR count). The number of benzene rings is 1. The molecule has 1 heterocycles. The number of para-hydroxylation sites is 1. The SMILES string of the molecule is O=C(O)[C@H]1C[C@@H]1C(=O)c1nc2ccccc2s1. The van der Waals surface area contributed by atoms with Crippen molar-refractivity contribution in [1.29, 1.82) is 0 Å². The Kier molecular flexibility index (Phi) is 2.22. The first-order valence-electron chi connectivity index (χ1n) is 5.29. The smallest absolute Gasteiger partial charge is 0.307 e. The van der Waals surface area contributed by atoms with Crippen LogP contribution in [0, 0.1) is 11.8 Å². The van der Waals surface area contributed by atoms with E-state index in [1.54, 1.807) is 0 Å². The zero-order valence-corrected chi connectivity index (χ0v) is 9.61. The second-order valence-corrected chi connectivity index (χ2v) is 5.17. The Hall–Kier alpha value is -1.75. The normalized spacial score (nSPS) is 22.6. The number of aliphatic carboxylic acids is 1. The van der Waals surface area contributed by atoms with E-state index in [0.29, 0.717) is 11.4 Å². The van der Waals surface area contributed by atoms with Gasteiger partial charge in [0.2, 0.25) is 0 Å². The molecule has 1 aliphatic carbocycles. The number of fused-ring (bicyclic) bond motifs is 1. The first-order valence-corrected chi connectivity index (χ1v) is 6.11. The summed E-state index contributed by atoms with van der Waals surface area (Å²) in [5, 5.41) is 9.22. The van der Waals surface area contributed by atoms with Crippen LogP contribution in [-0.4, -0.2) is 21.8 Å². The number of hydrogen-bond donors (Lipinski definition) is 1. The lowest BCUT2D eigenvalue weighted by Crippen LogP contribution is -2.07. The minimum atomic E-state index is -0.885. The van der Waals surface area contributed by atoms with Gasteiger partial charge in [0, 0.05) is 5.92 Å².